The van der Waals surface area contributed by atoms with Crippen LogP contribution in [-0.4, -0.2) is 12.5 Å². The van der Waals surface area contributed by atoms with Gasteiger partial charge in [0.2, 0.25) is 0 Å². The average Bonchev–Trinajstić information content (AvgIpc) is 2.62. The molecule has 0 unspecified atom stereocenters. The van der Waals surface area contributed by atoms with Crippen LogP contribution in [0, 0.1) is 37.7 Å². The van der Waals surface area contributed by atoms with Crippen molar-refractivity contribution in [3.8, 4) is 24.2 Å². The minimum Gasteiger partial charge on any atom is -0.479 e. The smallest absolute Gasteiger partial charge is 0.266 e. The van der Waals surface area contributed by atoms with E-state index in [1.54, 1.807) is 18.2 Å². The molecule has 0 atom stereocenters. The largest absolute Gasteiger partial charge is 0.479 e. The van der Waals surface area contributed by atoms with Gasteiger partial charge in [-0.1, -0.05) is 23.6 Å². The normalized spacial score (nSPS) is 10.7. The highest BCUT2D eigenvalue weighted by Crippen LogP contribution is 2.30. The van der Waals surface area contributed by atoms with Crippen LogP contribution in [0.15, 0.2) is 35.9 Å². The fourth-order valence-electron chi connectivity index (χ4n) is 2.15. The zero-order valence-electron chi connectivity index (χ0n) is 14.1. The maximum absolute atomic E-state index is 12.5. The van der Waals surface area contributed by atoms with Crippen LogP contribution in [0.4, 0.5) is 5.69 Å². The molecule has 0 aromatic heterocycles. The van der Waals surface area contributed by atoms with Gasteiger partial charge in [0.25, 0.3) is 5.91 Å². The van der Waals surface area contributed by atoms with E-state index in [-0.39, 0.29) is 12.2 Å². The van der Waals surface area contributed by atoms with Crippen LogP contribution in [0.1, 0.15) is 11.1 Å². The second-order valence-electron chi connectivity index (χ2n) is 5.39. The number of nitrogens with one attached hydrogen (secondary N) is 1. The molecule has 0 aliphatic carbocycles. The van der Waals surface area contributed by atoms with E-state index < -0.39 is 5.91 Å². The first-order valence-corrected chi connectivity index (χ1v) is 10.1. The van der Waals surface area contributed by atoms with Crippen molar-refractivity contribution >= 4 is 74.5 Å². The predicted molar refractivity (Wildman–Crippen MR) is 125 cm³/mol. The maximum atomic E-state index is 12.5. The number of halogens is 3. The van der Waals surface area contributed by atoms with Crippen molar-refractivity contribution in [1.29, 1.82) is 5.26 Å². The lowest BCUT2D eigenvalue weighted by Crippen LogP contribution is -2.14. The molecule has 1 amide bonds. The molecular weight excluding hydrogens is 589 g/mol. The lowest BCUT2D eigenvalue weighted by molar-refractivity contribution is -0.112. The third-order valence-electron chi connectivity index (χ3n) is 3.44. The highest BCUT2D eigenvalue weighted by Gasteiger charge is 2.13. The van der Waals surface area contributed by atoms with Gasteiger partial charge in [-0.3, -0.25) is 4.79 Å². The van der Waals surface area contributed by atoms with Crippen molar-refractivity contribution in [2.45, 2.75) is 6.92 Å². The first-order valence-electron chi connectivity index (χ1n) is 7.60. The molecule has 0 radical (unpaired) electrons. The Morgan fingerprint density at radius 1 is 1.33 bits per heavy atom. The van der Waals surface area contributed by atoms with E-state index >= 15 is 0 Å². The number of nitriles is 1. The number of carbonyl (C=O) groups is 1. The third kappa shape index (κ3) is 5.86. The summed E-state index contributed by atoms with van der Waals surface area (Å²) in [5.74, 6) is 2.61. The molecule has 1 N–H and O–H groups in total. The molecule has 136 valence electrons. The number of carbonyl (C=O) groups excluding carboxylic acids is 1. The van der Waals surface area contributed by atoms with Crippen molar-refractivity contribution in [1.82, 2.24) is 0 Å². The van der Waals surface area contributed by atoms with Gasteiger partial charge >= 0.3 is 0 Å². The Morgan fingerprint density at radius 2 is 2.00 bits per heavy atom. The third-order valence-corrected chi connectivity index (χ3v) is 5.28. The number of terminal acetylenes is 1. The second-order valence-corrected chi connectivity index (χ2v) is 8.15. The minimum absolute atomic E-state index is 0.0155. The van der Waals surface area contributed by atoms with Gasteiger partial charge in [-0.2, -0.15) is 5.26 Å². The number of hydrogen-bond donors (Lipinski definition) is 1. The summed E-state index contributed by atoms with van der Waals surface area (Å²) in [5, 5.41) is 12.6. The Morgan fingerprint density at radius 3 is 2.59 bits per heavy atom. The van der Waals surface area contributed by atoms with Gasteiger partial charge in [0, 0.05) is 10.7 Å². The van der Waals surface area contributed by atoms with E-state index in [9.17, 15) is 10.1 Å². The lowest BCUT2D eigenvalue weighted by atomic mass is 10.1. The number of amides is 1. The van der Waals surface area contributed by atoms with Gasteiger partial charge in [-0.05, 0) is 93.6 Å². The predicted octanol–water partition coefficient (Wildman–Crippen LogP) is 5.42. The Kier molecular flexibility index (Phi) is 7.96. The topological polar surface area (TPSA) is 62.1 Å². The average molecular weight is 603 g/mol. The Hall–Kier alpha value is -1.75. The van der Waals surface area contributed by atoms with Crippen LogP contribution >= 0.6 is 56.8 Å². The van der Waals surface area contributed by atoms with Crippen molar-refractivity contribution < 1.29 is 9.53 Å². The first kappa shape index (κ1) is 21.5. The van der Waals surface area contributed by atoms with Gasteiger partial charge in [0.05, 0.1) is 7.14 Å². The molecule has 0 heterocycles. The van der Waals surface area contributed by atoms with Crippen LogP contribution in [0.2, 0.25) is 5.02 Å². The maximum Gasteiger partial charge on any atom is 0.266 e. The van der Waals surface area contributed by atoms with E-state index in [0.717, 1.165) is 12.7 Å². The summed E-state index contributed by atoms with van der Waals surface area (Å²) >= 11 is 10.2. The molecule has 2 aromatic rings. The number of aryl methyl sites for hydroxylation is 1. The van der Waals surface area contributed by atoms with E-state index in [0.29, 0.717) is 22.0 Å². The van der Waals surface area contributed by atoms with Crippen LogP contribution in [0.3, 0.4) is 0 Å². The number of anilines is 1. The molecule has 2 aromatic carbocycles. The standard InChI is InChI=1S/C20H13ClI2N2O2/c1-3-6-27-19-16(22)8-13(9-17(19)23)7-14(11-24)20(26)25-18-10-15(21)5-4-12(18)2/h1,4-5,7-10H,6H2,2H3,(H,25,26)/b14-7+. The fourth-order valence-corrected chi connectivity index (χ4v) is 4.45. The molecule has 0 bridgehead atoms. The highest BCUT2D eigenvalue weighted by atomic mass is 127. The zero-order valence-corrected chi connectivity index (χ0v) is 19.2. The molecule has 4 nitrogen and oxygen atoms in total. The zero-order chi connectivity index (χ0) is 20.0. The summed E-state index contributed by atoms with van der Waals surface area (Å²) < 4.78 is 7.20. The monoisotopic (exact) mass is 602 g/mol. The van der Waals surface area contributed by atoms with Crippen LogP contribution in [-0.2, 0) is 4.79 Å². The van der Waals surface area contributed by atoms with E-state index in [1.165, 1.54) is 6.08 Å². The first-order chi connectivity index (χ1) is 12.8. The second kappa shape index (κ2) is 9.98. The van der Waals surface area contributed by atoms with Crippen molar-refractivity contribution in [3.63, 3.8) is 0 Å². The van der Waals surface area contributed by atoms with Crippen molar-refractivity contribution in [2.24, 2.45) is 0 Å². The number of nitrogens with zero attached hydrogens (tertiary/aromatic N) is 1. The summed E-state index contributed by atoms with van der Waals surface area (Å²) in [4.78, 5) is 12.5. The SMILES string of the molecule is C#CCOc1c(I)cc(/C=C(\C#N)C(=O)Nc2cc(Cl)ccc2C)cc1I. The molecule has 0 saturated heterocycles. The van der Waals surface area contributed by atoms with Crippen LogP contribution < -0.4 is 10.1 Å². The van der Waals surface area contributed by atoms with Gasteiger partial charge in [0.15, 0.2) is 0 Å². The molecule has 7 heteroatoms. The van der Waals surface area contributed by atoms with Gasteiger partial charge in [-0.25, -0.2) is 0 Å². The molecule has 0 saturated carbocycles. The Balaban J connectivity index is 2.30. The molecule has 0 fully saturated rings. The molecular formula is C20H13ClI2N2O2. The summed E-state index contributed by atoms with van der Waals surface area (Å²) in [7, 11) is 0. The summed E-state index contributed by atoms with van der Waals surface area (Å²) in [6.45, 7) is 2.02. The number of hydrogen-bond acceptors (Lipinski definition) is 3. The quantitative estimate of drug-likeness (QED) is 0.215. The molecule has 27 heavy (non-hydrogen) atoms. The van der Waals surface area contributed by atoms with Crippen LogP contribution in [0.25, 0.3) is 6.08 Å². The van der Waals surface area contributed by atoms with Gasteiger partial charge < -0.3 is 10.1 Å². The number of ether oxygens (including phenoxy) is 1. The highest BCUT2D eigenvalue weighted by molar-refractivity contribution is 14.1. The lowest BCUT2D eigenvalue weighted by Gasteiger charge is -2.10. The van der Waals surface area contributed by atoms with E-state index in [4.69, 9.17) is 22.8 Å². The summed E-state index contributed by atoms with van der Waals surface area (Å²) in [6, 6.07) is 10.8. The van der Waals surface area contributed by atoms with E-state index in [1.807, 2.05) is 25.1 Å². The molecule has 0 aliphatic heterocycles. The minimum atomic E-state index is -0.499. The van der Waals surface area contributed by atoms with Gasteiger partial charge in [0.1, 0.15) is 24.0 Å². The molecule has 0 spiro atoms. The van der Waals surface area contributed by atoms with E-state index in [2.05, 4.69) is 56.4 Å². The van der Waals surface area contributed by atoms with Gasteiger partial charge in [-0.15, -0.1) is 6.42 Å². The fraction of sp³-hybridized carbons (Fsp3) is 0.100. The molecule has 0 aliphatic rings. The number of benzene rings is 2. The van der Waals surface area contributed by atoms with Crippen LogP contribution in [0.5, 0.6) is 5.75 Å². The number of rotatable bonds is 5. The van der Waals surface area contributed by atoms with Crippen molar-refractivity contribution in [2.75, 3.05) is 11.9 Å². The summed E-state index contributed by atoms with van der Waals surface area (Å²) in [5.41, 5.74) is 2.12. The Labute approximate surface area is 190 Å². The Bertz CT molecular complexity index is 981. The summed E-state index contributed by atoms with van der Waals surface area (Å²) in [6.07, 6.45) is 6.76. The van der Waals surface area contributed by atoms with Crippen molar-refractivity contribution in [3.05, 3.63) is 59.2 Å². The molecule has 2 rings (SSSR count).